The smallest absolute Gasteiger partial charge is 0.372 e. The Morgan fingerprint density at radius 3 is 2.32 bits per heavy atom. The SMILES string of the molecule is CCC(C)N(C)c1ccc(-c2cn(C)nc2C(F)(F)F)cc1. The molecule has 0 aliphatic rings. The van der Waals surface area contributed by atoms with E-state index in [0.717, 1.165) is 12.1 Å². The number of hydrogen-bond donors (Lipinski definition) is 0. The molecule has 0 aliphatic carbocycles. The van der Waals surface area contributed by atoms with E-state index in [0.29, 0.717) is 11.6 Å². The van der Waals surface area contributed by atoms with Crippen molar-refractivity contribution in [3.05, 3.63) is 36.2 Å². The summed E-state index contributed by atoms with van der Waals surface area (Å²) in [4.78, 5) is 2.11. The molecular formula is C16H20F3N3. The maximum absolute atomic E-state index is 13.0. The molecule has 2 aromatic rings. The minimum absolute atomic E-state index is 0.104. The van der Waals surface area contributed by atoms with E-state index in [1.54, 1.807) is 12.1 Å². The van der Waals surface area contributed by atoms with Crippen LogP contribution < -0.4 is 4.90 Å². The molecule has 0 saturated heterocycles. The van der Waals surface area contributed by atoms with Crippen molar-refractivity contribution in [3.63, 3.8) is 0 Å². The highest BCUT2D eigenvalue weighted by Gasteiger charge is 2.37. The molecule has 1 aromatic heterocycles. The standard InChI is InChI=1S/C16H20F3N3/c1-5-11(2)22(4)13-8-6-12(7-9-13)14-10-21(3)20-15(14)16(17,18)19/h6-11H,5H2,1-4H3. The first-order chi connectivity index (χ1) is 10.2. The van der Waals surface area contributed by atoms with Crippen molar-refractivity contribution in [3.8, 4) is 11.1 Å². The van der Waals surface area contributed by atoms with Crippen molar-refractivity contribution in [1.82, 2.24) is 9.78 Å². The van der Waals surface area contributed by atoms with Gasteiger partial charge in [0.05, 0.1) is 0 Å². The summed E-state index contributed by atoms with van der Waals surface area (Å²) in [7, 11) is 3.47. The molecule has 0 spiro atoms. The lowest BCUT2D eigenvalue weighted by Crippen LogP contribution is -2.27. The van der Waals surface area contributed by atoms with Gasteiger partial charge in [-0.2, -0.15) is 18.3 Å². The van der Waals surface area contributed by atoms with E-state index in [1.807, 2.05) is 19.2 Å². The van der Waals surface area contributed by atoms with Crippen molar-refractivity contribution in [2.24, 2.45) is 7.05 Å². The van der Waals surface area contributed by atoms with Gasteiger partial charge in [0, 0.05) is 37.6 Å². The average Bonchev–Trinajstić information content (AvgIpc) is 2.88. The number of benzene rings is 1. The lowest BCUT2D eigenvalue weighted by molar-refractivity contribution is -0.140. The van der Waals surface area contributed by atoms with Crippen LogP contribution in [0.2, 0.25) is 0 Å². The minimum atomic E-state index is -4.46. The molecule has 2 rings (SSSR count). The highest BCUT2D eigenvalue weighted by molar-refractivity contribution is 5.68. The Morgan fingerprint density at radius 2 is 1.82 bits per heavy atom. The van der Waals surface area contributed by atoms with Crippen molar-refractivity contribution in [2.75, 3.05) is 11.9 Å². The third kappa shape index (κ3) is 3.26. The maximum atomic E-state index is 13.0. The van der Waals surface area contributed by atoms with Gasteiger partial charge < -0.3 is 4.90 Å². The molecule has 1 atom stereocenters. The maximum Gasteiger partial charge on any atom is 0.435 e. The normalized spacial score (nSPS) is 13.2. The fourth-order valence-corrected chi connectivity index (χ4v) is 2.31. The molecule has 0 saturated carbocycles. The number of aryl methyl sites for hydroxylation is 1. The molecule has 1 heterocycles. The van der Waals surface area contributed by atoms with Gasteiger partial charge in [0.25, 0.3) is 0 Å². The molecule has 0 amide bonds. The molecule has 0 radical (unpaired) electrons. The Kier molecular flexibility index (Phi) is 4.49. The van der Waals surface area contributed by atoms with Crippen molar-refractivity contribution < 1.29 is 13.2 Å². The zero-order valence-electron chi connectivity index (χ0n) is 13.1. The van der Waals surface area contributed by atoms with Gasteiger partial charge in [0.15, 0.2) is 5.69 Å². The van der Waals surface area contributed by atoms with Crippen LogP contribution in [-0.4, -0.2) is 22.9 Å². The summed E-state index contributed by atoms with van der Waals surface area (Å²) in [6, 6.07) is 7.47. The third-order valence-corrected chi connectivity index (χ3v) is 3.93. The van der Waals surface area contributed by atoms with E-state index in [2.05, 4.69) is 23.8 Å². The van der Waals surface area contributed by atoms with Crippen LogP contribution >= 0.6 is 0 Å². The van der Waals surface area contributed by atoms with Crippen molar-refractivity contribution in [2.45, 2.75) is 32.5 Å². The van der Waals surface area contributed by atoms with Crippen LogP contribution in [0, 0.1) is 0 Å². The van der Waals surface area contributed by atoms with E-state index in [1.165, 1.54) is 17.9 Å². The predicted molar refractivity (Wildman–Crippen MR) is 81.8 cm³/mol. The topological polar surface area (TPSA) is 21.1 Å². The summed E-state index contributed by atoms with van der Waals surface area (Å²) >= 11 is 0. The van der Waals surface area contributed by atoms with Crippen LogP contribution in [0.1, 0.15) is 26.0 Å². The monoisotopic (exact) mass is 311 g/mol. The summed E-state index contributed by atoms with van der Waals surface area (Å²) in [5, 5.41) is 3.54. The molecule has 0 aliphatic heterocycles. The van der Waals surface area contributed by atoms with E-state index in [-0.39, 0.29) is 5.56 Å². The summed E-state index contributed by atoms with van der Waals surface area (Å²) in [5.41, 5.74) is 0.753. The molecule has 1 unspecified atom stereocenters. The Morgan fingerprint density at radius 1 is 1.23 bits per heavy atom. The van der Waals surface area contributed by atoms with Gasteiger partial charge in [-0.05, 0) is 31.0 Å². The van der Waals surface area contributed by atoms with E-state index >= 15 is 0 Å². The molecule has 0 bridgehead atoms. The molecule has 0 fully saturated rings. The highest BCUT2D eigenvalue weighted by atomic mass is 19.4. The van der Waals surface area contributed by atoms with E-state index in [9.17, 15) is 13.2 Å². The second-order valence-electron chi connectivity index (χ2n) is 5.48. The second-order valence-corrected chi connectivity index (χ2v) is 5.48. The fraction of sp³-hybridized carbons (Fsp3) is 0.438. The van der Waals surface area contributed by atoms with Crippen LogP contribution in [0.4, 0.5) is 18.9 Å². The Bertz CT molecular complexity index is 629. The molecule has 22 heavy (non-hydrogen) atoms. The molecule has 1 aromatic carbocycles. The zero-order chi connectivity index (χ0) is 16.5. The number of aromatic nitrogens is 2. The van der Waals surface area contributed by atoms with Gasteiger partial charge in [0.1, 0.15) is 0 Å². The van der Waals surface area contributed by atoms with Crippen LogP contribution in [0.25, 0.3) is 11.1 Å². The minimum Gasteiger partial charge on any atom is -0.372 e. The molecule has 3 nitrogen and oxygen atoms in total. The molecule has 0 N–H and O–H groups in total. The van der Waals surface area contributed by atoms with Crippen molar-refractivity contribution >= 4 is 5.69 Å². The van der Waals surface area contributed by atoms with Gasteiger partial charge in [-0.1, -0.05) is 19.1 Å². The summed E-state index contributed by atoms with van der Waals surface area (Å²) < 4.78 is 40.3. The Hall–Kier alpha value is -1.98. The summed E-state index contributed by atoms with van der Waals surface area (Å²) in [5.74, 6) is 0. The number of nitrogens with zero attached hydrogens (tertiary/aromatic N) is 3. The van der Waals surface area contributed by atoms with Gasteiger partial charge in [-0.15, -0.1) is 0 Å². The molecule has 6 heteroatoms. The molecular weight excluding hydrogens is 291 g/mol. The van der Waals surface area contributed by atoms with E-state index in [4.69, 9.17) is 0 Å². The van der Waals surface area contributed by atoms with Crippen LogP contribution in [0.5, 0.6) is 0 Å². The number of alkyl halides is 3. The van der Waals surface area contributed by atoms with Gasteiger partial charge in [0.2, 0.25) is 0 Å². The first-order valence-electron chi connectivity index (χ1n) is 7.18. The van der Waals surface area contributed by atoms with Gasteiger partial charge >= 0.3 is 6.18 Å². The Labute approximate surface area is 128 Å². The van der Waals surface area contributed by atoms with Gasteiger partial charge in [-0.25, -0.2) is 0 Å². The predicted octanol–water partition coefficient (Wildman–Crippen LogP) is 4.34. The lowest BCUT2D eigenvalue weighted by Gasteiger charge is -2.26. The fourth-order valence-electron chi connectivity index (χ4n) is 2.31. The quantitative estimate of drug-likeness (QED) is 0.837. The number of halogens is 3. The number of rotatable bonds is 4. The van der Waals surface area contributed by atoms with Crippen LogP contribution in [0.15, 0.2) is 30.5 Å². The largest absolute Gasteiger partial charge is 0.435 e. The third-order valence-electron chi connectivity index (χ3n) is 3.93. The van der Waals surface area contributed by atoms with Crippen molar-refractivity contribution in [1.29, 1.82) is 0 Å². The summed E-state index contributed by atoms with van der Waals surface area (Å²) in [6.07, 6.45) is -2.06. The molecule has 120 valence electrons. The number of hydrogen-bond acceptors (Lipinski definition) is 2. The lowest BCUT2D eigenvalue weighted by atomic mass is 10.1. The number of anilines is 1. The average molecular weight is 311 g/mol. The highest BCUT2D eigenvalue weighted by Crippen LogP contribution is 2.36. The van der Waals surface area contributed by atoms with Crippen LogP contribution in [-0.2, 0) is 13.2 Å². The first-order valence-corrected chi connectivity index (χ1v) is 7.18. The van der Waals surface area contributed by atoms with Gasteiger partial charge in [-0.3, -0.25) is 4.68 Å². The summed E-state index contributed by atoms with van der Waals surface area (Å²) in [6.45, 7) is 4.21. The van der Waals surface area contributed by atoms with E-state index < -0.39 is 11.9 Å². The second kappa shape index (κ2) is 6.02. The zero-order valence-corrected chi connectivity index (χ0v) is 13.1. The van der Waals surface area contributed by atoms with Crippen LogP contribution in [0.3, 0.4) is 0 Å². The first kappa shape index (κ1) is 16.4. The Balaban J connectivity index is 2.36.